The van der Waals surface area contributed by atoms with E-state index in [0.717, 1.165) is 10.1 Å². The summed E-state index contributed by atoms with van der Waals surface area (Å²) < 4.78 is 5.48. The Morgan fingerprint density at radius 2 is 2.18 bits per heavy atom. The largest absolute Gasteiger partial charge is 0.460 e. The van der Waals surface area contributed by atoms with E-state index in [1.165, 1.54) is 11.3 Å². The van der Waals surface area contributed by atoms with Crippen molar-refractivity contribution in [3.63, 3.8) is 0 Å². The van der Waals surface area contributed by atoms with E-state index in [2.05, 4.69) is 4.74 Å². The summed E-state index contributed by atoms with van der Waals surface area (Å²) in [4.78, 5) is 23.4. The zero-order valence-electron chi connectivity index (χ0n) is 9.03. The van der Waals surface area contributed by atoms with Gasteiger partial charge in [-0.1, -0.05) is 23.7 Å². The topological polar surface area (TPSA) is 43.4 Å². The smallest absolute Gasteiger partial charge is 0.380 e. The average Bonchev–Trinajstić information content (AvgIpc) is 2.73. The van der Waals surface area contributed by atoms with Crippen LogP contribution in [0.25, 0.3) is 10.1 Å². The highest BCUT2D eigenvalue weighted by Gasteiger charge is 2.20. The maximum atomic E-state index is 11.7. The van der Waals surface area contributed by atoms with Gasteiger partial charge in [0.05, 0.1) is 21.2 Å². The molecule has 88 valence electrons. The highest BCUT2D eigenvalue weighted by atomic mass is 35.5. The summed E-state index contributed by atoms with van der Waals surface area (Å²) in [5.74, 6) is -1.45. The number of hydrogen-bond acceptors (Lipinski definition) is 4. The first-order chi connectivity index (χ1) is 8.13. The van der Waals surface area contributed by atoms with Gasteiger partial charge in [-0.3, -0.25) is 4.79 Å². The van der Waals surface area contributed by atoms with E-state index in [4.69, 9.17) is 11.6 Å². The van der Waals surface area contributed by atoms with E-state index in [9.17, 15) is 9.59 Å². The minimum atomic E-state index is -0.824. The van der Waals surface area contributed by atoms with Gasteiger partial charge >= 0.3 is 5.97 Å². The molecule has 0 radical (unpaired) electrons. The van der Waals surface area contributed by atoms with Crippen molar-refractivity contribution >= 4 is 44.8 Å². The lowest BCUT2D eigenvalue weighted by atomic mass is 10.2. The summed E-state index contributed by atoms with van der Waals surface area (Å²) in [5.41, 5.74) is 0. The maximum absolute atomic E-state index is 11.7. The fourth-order valence-corrected chi connectivity index (χ4v) is 2.73. The lowest BCUT2D eigenvalue weighted by Gasteiger charge is -1.97. The molecule has 0 spiro atoms. The Morgan fingerprint density at radius 3 is 2.82 bits per heavy atom. The summed E-state index contributed by atoms with van der Waals surface area (Å²) in [5, 5.41) is 1.44. The summed E-state index contributed by atoms with van der Waals surface area (Å²) in [6.45, 7) is 1.85. The number of Topliss-reactive ketones (excluding diaryl/α,β-unsaturated/α-hetero) is 1. The van der Waals surface area contributed by atoms with Crippen molar-refractivity contribution in [2.75, 3.05) is 6.61 Å². The van der Waals surface area contributed by atoms with Crippen LogP contribution < -0.4 is 0 Å². The van der Waals surface area contributed by atoms with Crippen molar-refractivity contribution in [3.05, 3.63) is 34.2 Å². The molecule has 2 rings (SSSR count). The molecule has 0 fully saturated rings. The molecule has 5 heteroatoms. The normalized spacial score (nSPS) is 10.5. The van der Waals surface area contributed by atoms with Gasteiger partial charge < -0.3 is 4.74 Å². The number of ether oxygens (including phenoxy) is 1. The first-order valence-electron chi connectivity index (χ1n) is 5.03. The third kappa shape index (κ3) is 2.33. The summed E-state index contributed by atoms with van der Waals surface area (Å²) in [6, 6.07) is 7.06. The van der Waals surface area contributed by atoms with Gasteiger partial charge in [-0.05, 0) is 24.4 Å². The first-order valence-corrected chi connectivity index (χ1v) is 6.22. The molecule has 0 aliphatic carbocycles. The molecule has 2 aromatic rings. The average molecular weight is 269 g/mol. The molecule has 0 N–H and O–H groups in total. The fraction of sp³-hybridized carbons (Fsp3) is 0.167. The molecule has 1 heterocycles. The molecule has 0 unspecified atom stereocenters. The molecule has 3 nitrogen and oxygen atoms in total. The molecular weight excluding hydrogens is 260 g/mol. The van der Waals surface area contributed by atoms with Crippen LogP contribution in [0, 0.1) is 0 Å². The molecule has 0 atom stereocenters. The van der Waals surface area contributed by atoms with Crippen molar-refractivity contribution < 1.29 is 14.3 Å². The van der Waals surface area contributed by atoms with Crippen molar-refractivity contribution in [2.24, 2.45) is 0 Å². The van der Waals surface area contributed by atoms with E-state index in [1.807, 2.05) is 6.07 Å². The van der Waals surface area contributed by atoms with Crippen molar-refractivity contribution in [1.29, 1.82) is 0 Å². The number of esters is 1. The van der Waals surface area contributed by atoms with E-state index < -0.39 is 11.8 Å². The molecular formula is C12H9ClO3S. The summed E-state index contributed by atoms with van der Waals surface area (Å²) in [6.07, 6.45) is 0. The molecule has 0 aliphatic heterocycles. The predicted molar refractivity (Wildman–Crippen MR) is 67.8 cm³/mol. The Kier molecular flexibility index (Phi) is 3.45. The van der Waals surface area contributed by atoms with E-state index in [0.29, 0.717) is 9.90 Å². The molecule has 17 heavy (non-hydrogen) atoms. The van der Waals surface area contributed by atoms with E-state index in [-0.39, 0.29) is 6.61 Å². The Morgan fingerprint density at radius 1 is 1.41 bits per heavy atom. The Hall–Kier alpha value is -1.39. The Labute approximate surface area is 107 Å². The molecule has 1 aromatic carbocycles. The lowest BCUT2D eigenvalue weighted by Crippen LogP contribution is -2.16. The molecule has 1 aromatic heterocycles. The molecule has 0 bridgehead atoms. The van der Waals surface area contributed by atoms with Crippen LogP contribution in [-0.2, 0) is 9.53 Å². The molecule has 0 amide bonds. The number of carbonyl (C=O) groups excluding carboxylic acids is 2. The summed E-state index contributed by atoms with van der Waals surface area (Å²) in [7, 11) is 0. The van der Waals surface area contributed by atoms with Crippen LogP contribution in [0.4, 0.5) is 0 Å². The van der Waals surface area contributed by atoms with Gasteiger partial charge in [0, 0.05) is 0 Å². The van der Waals surface area contributed by atoms with Gasteiger partial charge in [-0.2, -0.15) is 0 Å². The number of halogens is 1. The minimum absolute atomic E-state index is 0.191. The maximum Gasteiger partial charge on any atom is 0.380 e. The van der Waals surface area contributed by atoms with Gasteiger partial charge in [-0.15, -0.1) is 11.3 Å². The number of benzene rings is 1. The number of hydrogen-bond donors (Lipinski definition) is 0. The quantitative estimate of drug-likeness (QED) is 0.487. The van der Waals surface area contributed by atoms with Crippen molar-refractivity contribution in [2.45, 2.75) is 6.92 Å². The van der Waals surface area contributed by atoms with E-state index >= 15 is 0 Å². The zero-order chi connectivity index (χ0) is 12.4. The fourth-order valence-electron chi connectivity index (χ4n) is 1.44. The zero-order valence-corrected chi connectivity index (χ0v) is 10.6. The third-order valence-corrected chi connectivity index (χ3v) is 3.79. The van der Waals surface area contributed by atoms with Crippen LogP contribution in [0.2, 0.25) is 5.02 Å². The lowest BCUT2D eigenvalue weighted by molar-refractivity contribution is -0.137. The van der Waals surface area contributed by atoms with Gasteiger partial charge in [0.1, 0.15) is 0 Å². The monoisotopic (exact) mass is 268 g/mol. The van der Waals surface area contributed by atoms with Crippen LogP contribution in [0.1, 0.15) is 16.6 Å². The van der Waals surface area contributed by atoms with E-state index in [1.54, 1.807) is 25.1 Å². The standard InChI is InChI=1S/C12H9ClO3S/c1-2-16-12(15)10(14)9-6-7-4-3-5-8(13)11(7)17-9/h3-6H,2H2,1H3. The number of fused-ring (bicyclic) bond motifs is 1. The van der Waals surface area contributed by atoms with Crippen LogP contribution >= 0.6 is 22.9 Å². The number of carbonyl (C=O) groups is 2. The SMILES string of the molecule is CCOC(=O)C(=O)c1cc2cccc(Cl)c2s1. The second-order valence-electron chi connectivity index (χ2n) is 3.32. The highest BCUT2D eigenvalue weighted by molar-refractivity contribution is 7.22. The van der Waals surface area contributed by atoms with Gasteiger partial charge in [0.25, 0.3) is 5.78 Å². The van der Waals surface area contributed by atoms with Crippen LogP contribution in [-0.4, -0.2) is 18.4 Å². The summed E-state index contributed by atoms with van der Waals surface area (Å²) >= 11 is 7.20. The van der Waals surface area contributed by atoms with Crippen LogP contribution in [0.5, 0.6) is 0 Å². The van der Waals surface area contributed by atoms with Gasteiger partial charge in [-0.25, -0.2) is 4.79 Å². The minimum Gasteiger partial charge on any atom is -0.460 e. The van der Waals surface area contributed by atoms with Crippen LogP contribution in [0.15, 0.2) is 24.3 Å². The molecule has 0 aliphatic rings. The Balaban J connectivity index is 2.40. The van der Waals surface area contributed by atoms with Crippen LogP contribution in [0.3, 0.4) is 0 Å². The first kappa shape index (κ1) is 12.1. The number of rotatable bonds is 3. The second-order valence-corrected chi connectivity index (χ2v) is 4.78. The second kappa shape index (κ2) is 4.85. The predicted octanol–water partition coefficient (Wildman–Crippen LogP) is 3.30. The number of ketones is 1. The van der Waals surface area contributed by atoms with Crippen molar-refractivity contribution in [1.82, 2.24) is 0 Å². The van der Waals surface area contributed by atoms with Gasteiger partial charge in [0.15, 0.2) is 0 Å². The molecule has 0 saturated heterocycles. The van der Waals surface area contributed by atoms with Crippen molar-refractivity contribution in [3.8, 4) is 0 Å². The number of thiophene rings is 1. The highest BCUT2D eigenvalue weighted by Crippen LogP contribution is 2.31. The van der Waals surface area contributed by atoms with Gasteiger partial charge in [0.2, 0.25) is 0 Å². The molecule has 0 saturated carbocycles. The third-order valence-electron chi connectivity index (χ3n) is 2.18. The Bertz CT molecular complexity index is 588.